The molecule has 0 radical (unpaired) electrons. The van der Waals surface area contributed by atoms with E-state index in [0.717, 1.165) is 54.7 Å². The minimum absolute atomic E-state index is 0. The molecule has 1 atom stereocenters. The van der Waals surface area contributed by atoms with Crippen molar-refractivity contribution >= 4 is 41.5 Å². The molecule has 304 valence electrons. The van der Waals surface area contributed by atoms with Gasteiger partial charge in [-0.1, -0.05) is 80.4 Å². The van der Waals surface area contributed by atoms with Crippen molar-refractivity contribution in [2.75, 3.05) is 39.0 Å². The topological polar surface area (TPSA) is 96.2 Å². The number of carbonyl (C=O) groups excluding carboxylic acids is 2. The highest BCUT2D eigenvalue weighted by Crippen LogP contribution is 2.49. The highest BCUT2D eigenvalue weighted by molar-refractivity contribution is 6.30. The first-order chi connectivity index (χ1) is 25.7. The van der Waals surface area contributed by atoms with Gasteiger partial charge in [0.25, 0.3) is 5.91 Å². The maximum absolute atomic E-state index is 13.1. The first kappa shape index (κ1) is 46.5. The summed E-state index contributed by atoms with van der Waals surface area (Å²) in [6.07, 6.45) is 1.65. The molecule has 1 saturated carbocycles. The van der Waals surface area contributed by atoms with Crippen molar-refractivity contribution in [3.63, 3.8) is 0 Å². The summed E-state index contributed by atoms with van der Waals surface area (Å²) in [4.78, 5) is 28.9. The van der Waals surface area contributed by atoms with Gasteiger partial charge in [0.05, 0.1) is 5.56 Å². The van der Waals surface area contributed by atoms with Crippen LogP contribution in [0.4, 0.5) is 18.9 Å². The third kappa shape index (κ3) is 11.8. The Hall–Kier alpha value is -3.93. The molecule has 0 aromatic heterocycles. The van der Waals surface area contributed by atoms with Gasteiger partial charge in [-0.25, -0.2) is 0 Å². The number of amides is 2. The second-order valence-electron chi connectivity index (χ2n) is 15.2. The fraction of sp³-hybridized carbons (Fsp3) is 0.409. The van der Waals surface area contributed by atoms with Crippen LogP contribution in [0.15, 0.2) is 91.0 Å². The summed E-state index contributed by atoms with van der Waals surface area (Å²) >= 11 is 6.04. The number of likely N-dealkylation sites (N-methyl/N-ethyl adjacent to an activating group) is 1. The maximum Gasteiger partial charge on any atom is 0.416 e. The molecule has 0 saturated heterocycles. The molecule has 2 amide bonds. The molecule has 1 fully saturated rings. The molecule has 4 N–H and O–H groups in total. The van der Waals surface area contributed by atoms with Gasteiger partial charge in [0.2, 0.25) is 5.91 Å². The van der Waals surface area contributed by atoms with Crippen molar-refractivity contribution in [3.05, 3.63) is 124 Å². The van der Waals surface area contributed by atoms with Gasteiger partial charge in [0.1, 0.15) is 0 Å². The van der Waals surface area contributed by atoms with E-state index in [1.54, 1.807) is 24.3 Å². The van der Waals surface area contributed by atoms with Crippen LogP contribution in [0.5, 0.6) is 0 Å². The monoisotopic (exact) mass is 814 g/mol. The first-order valence-electron chi connectivity index (χ1n) is 18.8. The SMILES string of the molecule is CC(=O)NCCN1CCc2cc(NC(=O)c3ccccc3-c3ccc(C(F)(F)F)cc3)ccc2C1.CC(C)CC(N(C)C)C1(c2ccc(Cl)cc2)CCC1.Cl.O. The molecule has 0 spiro atoms. The number of halogens is 5. The van der Waals surface area contributed by atoms with Crippen molar-refractivity contribution in [1.29, 1.82) is 0 Å². The van der Waals surface area contributed by atoms with E-state index in [1.807, 2.05) is 30.3 Å². The average molecular weight is 816 g/mol. The van der Waals surface area contributed by atoms with E-state index in [-0.39, 0.29) is 29.7 Å². The second kappa shape index (κ2) is 20.5. The van der Waals surface area contributed by atoms with Gasteiger partial charge >= 0.3 is 6.18 Å². The van der Waals surface area contributed by atoms with Gasteiger partial charge in [-0.05, 0) is 116 Å². The molecule has 6 rings (SSSR count). The van der Waals surface area contributed by atoms with Crippen molar-refractivity contribution < 1.29 is 28.2 Å². The van der Waals surface area contributed by atoms with Crippen LogP contribution in [0.3, 0.4) is 0 Å². The number of hydrogen-bond acceptors (Lipinski definition) is 4. The predicted molar refractivity (Wildman–Crippen MR) is 224 cm³/mol. The van der Waals surface area contributed by atoms with Crippen molar-refractivity contribution in [2.45, 2.75) is 77.1 Å². The second-order valence-corrected chi connectivity index (χ2v) is 15.6. The first-order valence-corrected chi connectivity index (χ1v) is 19.1. The van der Waals surface area contributed by atoms with E-state index < -0.39 is 11.7 Å². The van der Waals surface area contributed by atoms with Crippen LogP contribution in [0.2, 0.25) is 5.02 Å². The summed E-state index contributed by atoms with van der Waals surface area (Å²) in [6, 6.07) is 26.7. The van der Waals surface area contributed by atoms with E-state index in [1.165, 1.54) is 55.9 Å². The van der Waals surface area contributed by atoms with Gasteiger partial charge in [-0.3, -0.25) is 14.5 Å². The Bertz CT molecular complexity index is 1880. The number of nitrogens with zero attached hydrogens (tertiary/aromatic N) is 2. The molecular formula is C44H55Cl2F3N4O3. The van der Waals surface area contributed by atoms with Crippen LogP contribution in [0.1, 0.15) is 79.1 Å². The highest BCUT2D eigenvalue weighted by atomic mass is 35.5. The smallest absolute Gasteiger partial charge is 0.412 e. The molecule has 4 aromatic carbocycles. The number of fused-ring (bicyclic) bond motifs is 1. The standard InChI is InChI=1S/C27H26F3N3O2.C17H26ClN.ClH.H2O/c1-18(34)31-13-15-33-14-12-20-16-23(11-8-21(20)17-33)32-26(35)25-5-3-2-4-24(25)19-6-9-22(10-7-19)27(28,29)30;1-13(2)12-16(19(3)4)17(10-5-11-17)14-6-8-15(18)9-7-14;;/h2-11,16H,12-15,17H2,1H3,(H,31,34)(H,32,35);6-9,13,16H,5,10-12H2,1-4H3;1H;1H2. The van der Waals surface area contributed by atoms with E-state index in [4.69, 9.17) is 11.6 Å². The zero-order valence-electron chi connectivity index (χ0n) is 32.8. The van der Waals surface area contributed by atoms with Gasteiger partial charge in [0.15, 0.2) is 0 Å². The molecule has 7 nitrogen and oxygen atoms in total. The van der Waals surface area contributed by atoms with Crippen LogP contribution in [-0.4, -0.2) is 66.9 Å². The highest BCUT2D eigenvalue weighted by Gasteiger charge is 2.46. The number of nitrogens with one attached hydrogen (secondary N) is 2. The largest absolute Gasteiger partial charge is 0.416 e. The summed E-state index contributed by atoms with van der Waals surface area (Å²) in [5.74, 6) is 0.369. The van der Waals surface area contributed by atoms with E-state index in [2.05, 4.69) is 60.5 Å². The minimum atomic E-state index is -4.41. The number of alkyl halides is 3. The molecule has 1 heterocycles. The fourth-order valence-corrected chi connectivity index (χ4v) is 7.90. The van der Waals surface area contributed by atoms with E-state index in [9.17, 15) is 22.8 Å². The van der Waals surface area contributed by atoms with Crippen molar-refractivity contribution in [3.8, 4) is 11.1 Å². The molecule has 56 heavy (non-hydrogen) atoms. The lowest BCUT2D eigenvalue weighted by atomic mass is 9.58. The molecule has 1 unspecified atom stereocenters. The molecule has 1 aliphatic carbocycles. The van der Waals surface area contributed by atoms with Crippen LogP contribution in [0, 0.1) is 5.92 Å². The Morgan fingerprint density at radius 3 is 2.16 bits per heavy atom. The lowest BCUT2D eigenvalue weighted by Gasteiger charge is -2.51. The molecule has 1 aliphatic heterocycles. The molecular weight excluding hydrogens is 760 g/mol. The Morgan fingerprint density at radius 2 is 1.59 bits per heavy atom. The molecule has 12 heteroatoms. The van der Waals surface area contributed by atoms with Gasteiger partial charge in [-0.2, -0.15) is 13.2 Å². The Kier molecular flexibility index (Phi) is 17.0. The van der Waals surface area contributed by atoms with Gasteiger partial charge < -0.3 is 21.0 Å². The number of rotatable bonds is 11. The van der Waals surface area contributed by atoms with E-state index in [0.29, 0.717) is 40.4 Å². The molecule has 4 aromatic rings. The number of hydrogen-bond donors (Lipinski definition) is 2. The summed E-state index contributed by atoms with van der Waals surface area (Å²) in [7, 11) is 4.45. The van der Waals surface area contributed by atoms with Crippen LogP contribution < -0.4 is 10.6 Å². The molecule has 0 bridgehead atoms. The fourth-order valence-electron chi connectivity index (χ4n) is 7.77. The summed E-state index contributed by atoms with van der Waals surface area (Å²) < 4.78 is 38.7. The van der Waals surface area contributed by atoms with Crippen LogP contribution >= 0.6 is 24.0 Å². The van der Waals surface area contributed by atoms with E-state index >= 15 is 0 Å². The van der Waals surface area contributed by atoms with Crippen molar-refractivity contribution in [1.82, 2.24) is 15.1 Å². The average Bonchev–Trinajstić information content (AvgIpc) is 3.11. The zero-order valence-corrected chi connectivity index (χ0v) is 34.4. The Morgan fingerprint density at radius 1 is 0.929 bits per heavy atom. The number of benzene rings is 4. The van der Waals surface area contributed by atoms with Gasteiger partial charge in [-0.15, -0.1) is 12.4 Å². The van der Waals surface area contributed by atoms with Gasteiger partial charge in [0, 0.05) is 60.8 Å². The minimum Gasteiger partial charge on any atom is -0.412 e. The lowest BCUT2D eigenvalue weighted by Crippen LogP contribution is -2.52. The maximum atomic E-state index is 13.1. The zero-order chi connectivity index (χ0) is 39.0. The third-order valence-electron chi connectivity index (χ3n) is 10.7. The van der Waals surface area contributed by atoms with Crippen molar-refractivity contribution in [2.24, 2.45) is 5.92 Å². The summed E-state index contributed by atoms with van der Waals surface area (Å²) in [5, 5.41) is 6.58. The normalized spacial score (nSPS) is 15.2. The summed E-state index contributed by atoms with van der Waals surface area (Å²) in [6.45, 7) is 9.18. The van der Waals surface area contributed by atoms with Crippen LogP contribution in [-0.2, 0) is 29.4 Å². The third-order valence-corrected chi connectivity index (χ3v) is 10.9. The predicted octanol–water partition coefficient (Wildman–Crippen LogP) is 9.45. The quantitative estimate of drug-likeness (QED) is 0.158. The number of anilines is 1. The summed E-state index contributed by atoms with van der Waals surface area (Å²) in [5.41, 5.74) is 5.58. The Balaban J connectivity index is 0.000000341. The number of carbonyl (C=O) groups is 2. The molecule has 2 aliphatic rings. The Labute approximate surface area is 340 Å². The van der Waals surface area contributed by atoms with Crippen LogP contribution in [0.25, 0.3) is 11.1 Å². The lowest BCUT2D eigenvalue weighted by molar-refractivity contribution is -0.137.